The zero-order valence-electron chi connectivity index (χ0n) is 10.9. The van der Waals surface area contributed by atoms with Gasteiger partial charge in [0, 0.05) is 23.8 Å². The van der Waals surface area contributed by atoms with Crippen molar-refractivity contribution < 1.29 is 4.79 Å². The molecule has 1 amide bonds. The van der Waals surface area contributed by atoms with Gasteiger partial charge in [-0.15, -0.1) is 0 Å². The van der Waals surface area contributed by atoms with Crippen molar-refractivity contribution in [2.75, 3.05) is 12.8 Å². The van der Waals surface area contributed by atoms with E-state index >= 15 is 0 Å². The number of amides is 1. The quantitative estimate of drug-likeness (QED) is 0.849. The molecule has 5 heteroatoms. The lowest BCUT2D eigenvalue weighted by molar-refractivity contribution is 0.0786. The fourth-order valence-electron chi connectivity index (χ4n) is 1.94. The van der Waals surface area contributed by atoms with Gasteiger partial charge in [-0.2, -0.15) is 0 Å². The van der Waals surface area contributed by atoms with E-state index in [4.69, 9.17) is 17.3 Å². The molecule has 2 aromatic rings. The molecule has 0 aromatic heterocycles. The number of benzene rings is 2. The molecule has 0 atom stereocenters. The Bertz CT molecular complexity index is 625. The van der Waals surface area contributed by atoms with Crippen LogP contribution < -0.4 is 5.73 Å². The van der Waals surface area contributed by atoms with E-state index in [2.05, 4.69) is 15.9 Å². The maximum Gasteiger partial charge on any atom is 0.257 e. The summed E-state index contributed by atoms with van der Waals surface area (Å²) in [4.78, 5) is 14.0. The van der Waals surface area contributed by atoms with E-state index in [9.17, 15) is 4.79 Å². The van der Waals surface area contributed by atoms with Crippen molar-refractivity contribution >= 4 is 39.1 Å². The van der Waals surface area contributed by atoms with Crippen molar-refractivity contribution in [3.8, 4) is 0 Å². The highest BCUT2D eigenvalue weighted by Gasteiger charge is 2.18. The Morgan fingerprint density at radius 3 is 2.65 bits per heavy atom. The highest BCUT2D eigenvalue weighted by Crippen LogP contribution is 2.24. The molecular weight excluding hydrogens is 340 g/mol. The molecule has 0 aliphatic rings. The second kappa shape index (κ2) is 6.29. The van der Waals surface area contributed by atoms with Crippen LogP contribution in [0.3, 0.4) is 0 Å². The van der Waals surface area contributed by atoms with Crippen LogP contribution in [0, 0.1) is 0 Å². The number of nitrogens with zero attached hydrogens (tertiary/aromatic N) is 1. The molecule has 0 radical (unpaired) electrons. The molecule has 0 aliphatic heterocycles. The summed E-state index contributed by atoms with van der Waals surface area (Å²) in [7, 11) is 1.73. The van der Waals surface area contributed by atoms with E-state index in [1.54, 1.807) is 30.1 Å². The number of nitrogens with two attached hydrogens (primary N) is 1. The number of halogens is 2. The highest BCUT2D eigenvalue weighted by atomic mass is 79.9. The summed E-state index contributed by atoms with van der Waals surface area (Å²) in [5, 5.41) is 0.371. The smallest absolute Gasteiger partial charge is 0.257 e. The minimum atomic E-state index is -0.187. The fraction of sp³-hybridized carbons (Fsp3) is 0.133. The van der Waals surface area contributed by atoms with Crippen LogP contribution >= 0.6 is 27.5 Å². The van der Waals surface area contributed by atoms with Crippen LogP contribution in [0.5, 0.6) is 0 Å². The lowest BCUT2D eigenvalue weighted by Gasteiger charge is -2.19. The van der Waals surface area contributed by atoms with E-state index in [0.717, 1.165) is 10.0 Å². The summed E-state index contributed by atoms with van der Waals surface area (Å²) in [6.45, 7) is 0.489. The van der Waals surface area contributed by atoms with Crippen LogP contribution in [0.4, 0.5) is 5.69 Å². The molecule has 0 saturated carbocycles. The molecule has 2 N–H and O–H groups in total. The van der Waals surface area contributed by atoms with E-state index < -0.39 is 0 Å². The molecule has 0 unspecified atom stereocenters. The first-order chi connectivity index (χ1) is 9.49. The molecular formula is C15H14BrClN2O. The van der Waals surface area contributed by atoms with Gasteiger partial charge in [-0.25, -0.2) is 0 Å². The summed E-state index contributed by atoms with van der Waals surface area (Å²) in [5.74, 6) is -0.187. The number of carbonyl (C=O) groups excluding carboxylic acids is 1. The molecule has 0 saturated heterocycles. The maximum absolute atomic E-state index is 12.4. The third-order valence-corrected chi connectivity index (χ3v) is 3.72. The van der Waals surface area contributed by atoms with Crippen molar-refractivity contribution in [1.82, 2.24) is 4.90 Å². The molecule has 104 valence electrons. The van der Waals surface area contributed by atoms with Crippen LogP contribution in [0.1, 0.15) is 15.9 Å². The number of anilines is 1. The zero-order chi connectivity index (χ0) is 14.7. The standard InChI is InChI=1S/C15H14BrClN2O/c1-19(9-10-4-2-5-11(16)8-10)15(20)14-12(17)6-3-7-13(14)18/h2-8H,9,18H2,1H3. The maximum atomic E-state index is 12.4. The van der Waals surface area contributed by atoms with Gasteiger partial charge in [0.05, 0.1) is 10.6 Å². The lowest BCUT2D eigenvalue weighted by atomic mass is 10.1. The third-order valence-electron chi connectivity index (χ3n) is 2.92. The SMILES string of the molecule is CN(Cc1cccc(Br)c1)C(=O)c1c(N)cccc1Cl. The van der Waals surface area contributed by atoms with Crippen LogP contribution in [0.25, 0.3) is 0 Å². The second-order valence-electron chi connectivity index (χ2n) is 4.50. The lowest BCUT2D eigenvalue weighted by Crippen LogP contribution is -2.27. The van der Waals surface area contributed by atoms with Crippen LogP contribution in [-0.4, -0.2) is 17.9 Å². The largest absolute Gasteiger partial charge is 0.398 e. The predicted octanol–water partition coefficient (Wildman–Crippen LogP) is 3.96. The Morgan fingerprint density at radius 1 is 1.30 bits per heavy atom. The molecule has 0 fully saturated rings. The number of hydrogen-bond donors (Lipinski definition) is 1. The minimum absolute atomic E-state index is 0.187. The number of rotatable bonds is 3. The van der Waals surface area contributed by atoms with E-state index in [-0.39, 0.29) is 5.91 Å². The predicted molar refractivity (Wildman–Crippen MR) is 85.8 cm³/mol. The summed E-state index contributed by atoms with van der Waals surface area (Å²) < 4.78 is 0.980. The molecule has 0 bridgehead atoms. The van der Waals surface area contributed by atoms with Gasteiger partial charge in [0.1, 0.15) is 0 Å². The normalized spacial score (nSPS) is 10.3. The molecule has 0 spiro atoms. The van der Waals surface area contributed by atoms with Gasteiger partial charge in [0.25, 0.3) is 5.91 Å². The highest BCUT2D eigenvalue weighted by molar-refractivity contribution is 9.10. The van der Waals surface area contributed by atoms with Gasteiger partial charge in [-0.3, -0.25) is 4.79 Å². The van der Waals surface area contributed by atoms with E-state index in [0.29, 0.717) is 22.8 Å². The summed E-state index contributed by atoms with van der Waals surface area (Å²) >= 11 is 9.47. The van der Waals surface area contributed by atoms with Crippen molar-refractivity contribution in [1.29, 1.82) is 0 Å². The number of hydrogen-bond acceptors (Lipinski definition) is 2. The fourth-order valence-corrected chi connectivity index (χ4v) is 2.65. The van der Waals surface area contributed by atoms with E-state index in [1.165, 1.54) is 0 Å². The van der Waals surface area contributed by atoms with Gasteiger partial charge in [0.15, 0.2) is 0 Å². The Hall–Kier alpha value is -1.52. The topological polar surface area (TPSA) is 46.3 Å². The number of nitrogen functional groups attached to an aromatic ring is 1. The van der Waals surface area contributed by atoms with Gasteiger partial charge < -0.3 is 10.6 Å². The van der Waals surface area contributed by atoms with Crippen LogP contribution in [-0.2, 0) is 6.54 Å². The first-order valence-electron chi connectivity index (χ1n) is 6.03. The minimum Gasteiger partial charge on any atom is -0.398 e. The summed E-state index contributed by atoms with van der Waals surface area (Å²) in [6, 6.07) is 12.9. The Kier molecular flexibility index (Phi) is 4.68. The average Bonchev–Trinajstić information content (AvgIpc) is 2.38. The Balaban J connectivity index is 2.21. The van der Waals surface area contributed by atoms with Gasteiger partial charge in [-0.05, 0) is 29.8 Å². The molecule has 0 heterocycles. The molecule has 2 aromatic carbocycles. The average molecular weight is 354 g/mol. The van der Waals surface area contributed by atoms with Crippen molar-refractivity contribution in [3.63, 3.8) is 0 Å². The summed E-state index contributed by atoms with van der Waals surface area (Å²) in [6.07, 6.45) is 0. The van der Waals surface area contributed by atoms with Crippen molar-refractivity contribution in [2.45, 2.75) is 6.54 Å². The van der Waals surface area contributed by atoms with Gasteiger partial charge in [-0.1, -0.05) is 45.7 Å². The summed E-state index contributed by atoms with van der Waals surface area (Å²) in [5.41, 5.74) is 7.61. The molecule has 2 rings (SSSR count). The second-order valence-corrected chi connectivity index (χ2v) is 5.82. The molecule has 0 aliphatic carbocycles. The molecule has 3 nitrogen and oxygen atoms in total. The first kappa shape index (κ1) is 14.9. The van der Waals surface area contributed by atoms with E-state index in [1.807, 2.05) is 24.3 Å². The Morgan fingerprint density at radius 2 is 2.00 bits per heavy atom. The Labute approximate surface area is 131 Å². The van der Waals surface area contributed by atoms with Crippen LogP contribution in [0.2, 0.25) is 5.02 Å². The van der Waals surface area contributed by atoms with Crippen molar-refractivity contribution in [3.05, 3.63) is 63.1 Å². The first-order valence-corrected chi connectivity index (χ1v) is 7.20. The monoisotopic (exact) mass is 352 g/mol. The van der Waals surface area contributed by atoms with Crippen molar-refractivity contribution in [2.24, 2.45) is 0 Å². The van der Waals surface area contributed by atoms with Gasteiger partial charge in [0.2, 0.25) is 0 Å². The zero-order valence-corrected chi connectivity index (χ0v) is 13.3. The third kappa shape index (κ3) is 3.32. The molecule has 20 heavy (non-hydrogen) atoms. The number of carbonyl (C=O) groups is 1. The van der Waals surface area contributed by atoms with Gasteiger partial charge >= 0.3 is 0 Å². The van der Waals surface area contributed by atoms with Crippen LogP contribution in [0.15, 0.2) is 46.9 Å².